The summed E-state index contributed by atoms with van der Waals surface area (Å²) in [6.07, 6.45) is 16.9. The minimum atomic E-state index is -1.23. The maximum absolute atomic E-state index is 11.8. The van der Waals surface area contributed by atoms with Gasteiger partial charge in [0.2, 0.25) is 0 Å². The molecular weight excluding hydrogens is 835 g/mol. The number of nitriles is 1. The lowest BCUT2D eigenvalue weighted by atomic mass is 10.1. The average molecular weight is 888 g/mol. The predicted octanol–water partition coefficient (Wildman–Crippen LogP) is 15.8. The second-order valence-corrected chi connectivity index (χ2v) is 20.0. The lowest BCUT2D eigenvalue weighted by Gasteiger charge is -2.09. The summed E-state index contributed by atoms with van der Waals surface area (Å²) in [4.78, 5) is 16.4. The molecule has 2 aromatic carbocycles. The molecule has 1 N–H and O–H groups in total. The van der Waals surface area contributed by atoms with E-state index in [1.54, 1.807) is 11.3 Å². The molecule has 6 aromatic heterocycles. The number of ether oxygens (including phenoxy) is 2. The van der Waals surface area contributed by atoms with Gasteiger partial charge in [-0.1, -0.05) is 78.6 Å². The van der Waals surface area contributed by atoms with Gasteiger partial charge in [0, 0.05) is 30.9 Å². The monoisotopic (exact) mass is 887 g/mol. The highest BCUT2D eigenvalue weighted by Gasteiger charge is 2.23. The van der Waals surface area contributed by atoms with Crippen LogP contribution >= 0.6 is 45.3 Å². The van der Waals surface area contributed by atoms with Gasteiger partial charge in [-0.05, 0) is 105 Å². The molecule has 0 atom stereocenters. The van der Waals surface area contributed by atoms with Crippen LogP contribution in [0.4, 0.5) is 0 Å². The Kier molecular flexibility index (Phi) is 14.0. The molecule has 0 unspecified atom stereocenters. The predicted molar refractivity (Wildman–Crippen MR) is 260 cm³/mol. The topological polar surface area (TPSA) is 89.4 Å². The number of rotatable bonds is 22. The largest absolute Gasteiger partial charge is 0.494 e. The number of carboxylic acid groups (broad SMARTS) is 1. The van der Waals surface area contributed by atoms with E-state index in [4.69, 9.17) is 9.47 Å². The van der Waals surface area contributed by atoms with Crippen LogP contribution in [0.5, 0.6) is 11.5 Å². The van der Waals surface area contributed by atoms with Crippen molar-refractivity contribution in [1.82, 2.24) is 9.13 Å². The Balaban J connectivity index is 1.19. The summed E-state index contributed by atoms with van der Waals surface area (Å²) < 4.78 is 21.8. The van der Waals surface area contributed by atoms with Crippen LogP contribution in [0.2, 0.25) is 0 Å². The molecule has 0 bridgehead atoms. The second kappa shape index (κ2) is 19.9. The van der Waals surface area contributed by atoms with Gasteiger partial charge < -0.3 is 23.7 Å². The molecule has 11 heteroatoms. The van der Waals surface area contributed by atoms with Crippen LogP contribution < -0.4 is 9.47 Å². The molecular formula is C50H53N3O4S4. The van der Waals surface area contributed by atoms with Crippen LogP contribution in [0.15, 0.2) is 78.4 Å². The lowest BCUT2D eigenvalue weighted by Crippen LogP contribution is -1.98. The Morgan fingerprint density at radius 2 is 1.07 bits per heavy atom. The van der Waals surface area contributed by atoms with Gasteiger partial charge in [-0.25, -0.2) is 4.79 Å². The van der Waals surface area contributed by atoms with Crippen molar-refractivity contribution >= 4 is 98.3 Å². The second-order valence-electron chi connectivity index (χ2n) is 15.7. The number of fused-ring (bicyclic) bond motifs is 6. The van der Waals surface area contributed by atoms with E-state index in [-0.39, 0.29) is 5.57 Å². The highest BCUT2D eigenvalue weighted by atomic mass is 32.1. The highest BCUT2D eigenvalue weighted by molar-refractivity contribution is 7.33. The Morgan fingerprint density at radius 3 is 1.56 bits per heavy atom. The van der Waals surface area contributed by atoms with Crippen molar-refractivity contribution in [2.24, 2.45) is 0 Å². The van der Waals surface area contributed by atoms with E-state index in [1.165, 1.54) is 117 Å². The maximum Gasteiger partial charge on any atom is 0.346 e. The van der Waals surface area contributed by atoms with Crippen LogP contribution in [0, 0.1) is 11.3 Å². The third-order valence-electron chi connectivity index (χ3n) is 11.2. The first-order valence-corrected chi connectivity index (χ1v) is 25.1. The summed E-state index contributed by atoms with van der Waals surface area (Å²) in [7, 11) is 0. The number of benzene rings is 2. The quantitative estimate of drug-likeness (QED) is 0.0416. The zero-order valence-corrected chi connectivity index (χ0v) is 38.5. The Hall–Kier alpha value is -4.86. The van der Waals surface area contributed by atoms with Crippen molar-refractivity contribution in [3.05, 3.63) is 88.1 Å². The summed E-state index contributed by atoms with van der Waals surface area (Å²) in [6, 6.07) is 27.8. The molecule has 0 aliphatic heterocycles. The minimum Gasteiger partial charge on any atom is -0.494 e. The Labute approximate surface area is 374 Å². The van der Waals surface area contributed by atoms with Crippen molar-refractivity contribution in [3.8, 4) is 38.7 Å². The van der Waals surface area contributed by atoms with Gasteiger partial charge >= 0.3 is 5.97 Å². The number of thiophene rings is 4. The summed E-state index contributed by atoms with van der Waals surface area (Å²) >= 11 is 7.11. The number of aliphatic carboxylic acids is 1. The summed E-state index contributed by atoms with van der Waals surface area (Å²) in [6.45, 7) is 8.15. The van der Waals surface area contributed by atoms with Gasteiger partial charge in [-0.2, -0.15) is 5.26 Å². The number of unbranched alkanes of at least 4 members (excludes halogenated alkanes) is 9. The van der Waals surface area contributed by atoms with Gasteiger partial charge in [-0.15, -0.1) is 45.3 Å². The number of aromatic nitrogens is 2. The zero-order chi connectivity index (χ0) is 42.3. The van der Waals surface area contributed by atoms with Gasteiger partial charge in [0.15, 0.2) is 0 Å². The zero-order valence-electron chi connectivity index (χ0n) is 35.3. The molecule has 7 nitrogen and oxygen atoms in total. The molecule has 0 amide bonds. The number of aryl methyl sites for hydroxylation is 1. The SMILES string of the molecule is CCCCCCOc1ccc(-n2c3cc(/C=C(\C#N)C(=O)O)sc3c3sc(-c4cc5c(s4)c4sc(CCCCCC)cc4n5-c4ccc(OCCCCCC)cc4)cc32)cc1. The molecule has 0 saturated heterocycles. The number of carboxylic acids is 1. The van der Waals surface area contributed by atoms with Crippen molar-refractivity contribution in [3.63, 3.8) is 0 Å². The van der Waals surface area contributed by atoms with Crippen LogP contribution in [-0.2, 0) is 11.2 Å². The number of hydrogen-bond donors (Lipinski definition) is 1. The van der Waals surface area contributed by atoms with Crippen molar-refractivity contribution in [2.45, 2.75) is 104 Å². The van der Waals surface area contributed by atoms with Gasteiger partial charge in [0.1, 0.15) is 23.1 Å². The van der Waals surface area contributed by atoms with Crippen LogP contribution in [0.3, 0.4) is 0 Å². The molecule has 0 aliphatic carbocycles. The number of nitrogens with zero attached hydrogens (tertiary/aromatic N) is 3. The van der Waals surface area contributed by atoms with Gasteiger partial charge in [0.05, 0.1) is 54.1 Å². The van der Waals surface area contributed by atoms with Crippen molar-refractivity contribution < 1.29 is 19.4 Å². The smallest absolute Gasteiger partial charge is 0.346 e. The molecule has 6 heterocycles. The highest BCUT2D eigenvalue weighted by Crippen LogP contribution is 2.49. The van der Waals surface area contributed by atoms with Crippen molar-refractivity contribution in [1.29, 1.82) is 5.26 Å². The lowest BCUT2D eigenvalue weighted by molar-refractivity contribution is -0.132. The van der Waals surface area contributed by atoms with Crippen LogP contribution in [0.1, 0.15) is 108 Å². The number of hydrogen-bond acceptors (Lipinski definition) is 8. The maximum atomic E-state index is 11.8. The first-order chi connectivity index (χ1) is 29.9. The van der Waals surface area contributed by atoms with Crippen molar-refractivity contribution in [2.75, 3.05) is 13.2 Å². The molecule has 0 spiro atoms. The molecule has 0 radical (unpaired) electrons. The fourth-order valence-electron chi connectivity index (χ4n) is 7.99. The Bertz CT molecular complexity index is 2820. The molecule has 0 fully saturated rings. The van der Waals surface area contributed by atoms with E-state index < -0.39 is 5.97 Å². The van der Waals surface area contributed by atoms with E-state index in [0.717, 1.165) is 74.1 Å². The molecule has 0 aliphatic rings. The first-order valence-electron chi connectivity index (χ1n) is 21.9. The first kappa shape index (κ1) is 42.8. The molecule has 8 aromatic rings. The fraction of sp³-hybridized carbons (Fsp3) is 0.360. The third-order valence-corrected chi connectivity index (χ3v) is 16.2. The van der Waals surface area contributed by atoms with Crippen LogP contribution in [-0.4, -0.2) is 33.4 Å². The summed E-state index contributed by atoms with van der Waals surface area (Å²) in [5.41, 5.74) is 6.42. The average Bonchev–Trinajstić information content (AvgIpc) is 4.12. The van der Waals surface area contributed by atoms with Crippen LogP contribution in [0.25, 0.3) is 68.1 Å². The van der Waals surface area contributed by atoms with E-state index in [1.807, 2.05) is 46.9 Å². The van der Waals surface area contributed by atoms with E-state index >= 15 is 0 Å². The molecule has 316 valence electrons. The fourth-order valence-corrected chi connectivity index (χ4v) is 12.9. The van der Waals surface area contributed by atoms with E-state index in [2.05, 4.69) is 84.5 Å². The third kappa shape index (κ3) is 9.34. The summed E-state index contributed by atoms with van der Waals surface area (Å²) in [5.74, 6) is 0.532. The standard InChI is InChI=1S/C50H53N3O4S4/c1-4-7-10-13-16-38-28-40-46(58-38)48-42(52(40)34-17-21-36(22-18-34)56-25-14-11-8-5-2)30-44(60-48)45-31-43-49(61-45)47-41(29-39(59-47)27-33(32-51)50(54)55)53(43)35-19-23-37(24-20-35)57-26-15-12-9-6-3/h17-24,27-31H,4-16,25-26H2,1-3H3,(H,54,55)/b33-27+. The van der Waals surface area contributed by atoms with E-state index in [9.17, 15) is 15.2 Å². The summed E-state index contributed by atoms with van der Waals surface area (Å²) in [5, 5.41) is 19.2. The van der Waals surface area contributed by atoms with Gasteiger partial charge in [0.25, 0.3) is 0 Å². The molecule has 0 saturated carbocycles. The molecule has 61 heavy (non-hydrogen) atoms. The molecule has 8 rings (SSSR count). The minimum absolute atomic E-state index is 0.279. The normalized spacial score (nSPS) is 12.1. The Morgan fingerprint density at radius 1 is 0.607 bits per heavy atom. The van der Waals surface area contributed by atoms with E-state index in [0.29, 0.717) is 6.61 Å². The number of carbonyl (C=O) groups is 1. The van der Waals surface area contributed by atoms with Gasteiger partial charge in [-0.3, -0.25) is 0 Å².